The largest absolute Gasteiger partial charge is 0.444 e. The second-order valence-corrected chi connectivity index (χ2v) is 5.80. The zero-order valence-electron chi connectivity index (χ0n) is 13.2. The zero-order chi connectivity index (χ0) is 14.9. The van der Waals surface area contributed by atoms with E-state index in [2.05, 4.69) is 29.5 Å². The summed E-state index contributed by atoms with van der Waals surface area (Å²) in [7, 11) is 0. The lowest BCUT2D eigenvalue weighted by molar-refractivity contribution is 0.0529. The predicted molar refractivity (Wildman–Crippen MR) is 93.6 cm³/mol. The smallest absolute Gasteiger partial charge is 0.407 e. The lowest BCUT2D eigenvalue weighted by Gasteiger charge is -2.19. The van der Waals surface area contributed by atoms with Crippen LogP contribution in [0.4, 0.5) is 4.79 Å². The maximum absolute atomic E-state index is 11.3. The number of carbonyl (C=O) groups is 1. The summed E-state index contributed by atoms with van der Waals surface area (Å²) in [4.78, 5) is 15.5. The Labute approximate surface area is 139 Å². The Morgan fingerprint density at radius 3 is 2.30 bits per heavy atom. The molecule has 0 aliphatic heterocycles. The molecule has 0 rings (SSSR count). The van der Waals surface area contributed by atoms with Gasteiger partial charge in [0.15, 0.2) is 5.96 Å². The molecule has 0 spiro atoms. The van der Waals surface area contributed by atoms with E-state index in [1.165, 1.54) is 0 Å². The maximum atomic E-state index is 11.3. The van der Waals surface area contributed by atoms with E-state index >= 15 is 0 Å². The maximum Gasteiger partial charge on any atom is 0.407 e. The number of amides is 1. The van der Waals surface area contributed by atoms with Crippen LogP contribution >= 0.6 is 24.0 Å². The van der Waals surface area contributed by atoms with Gasteiger partial charge in [-0.15, -0.1) is 24.0 Å². The highest BCUT2D eigenvalue weighted by atomic mass is 127. The van der Waals surface area contributed by atoms with E-state index in [4.69, 9.17) is 10.5 Å². The molecular weight excluding hydrogens is 371 g/mol. The number of carbonyl (C=O) groups excluding carboxylic acids is 1. The Morgan fingerprint density at radius 2 is 1.80 bits per heavy atom. The first kappa shape index (κ1) is 21.6. The normalized spacial score (nSPS) is 11.8. The van der Waals surface area contributed by atoms with E-state index in [1.807, 2.05) is 20.8 Å². The summed E-state index contributed by atoms with van der Waals surface area (Å²) in [6.45, 7) is 11.4. The predicted octanol–water partition coefficient (Wildman–Crippen LogP) is 2.08. The van der Waals surface area contributed by atoms with Gasteiger partial charge in [-0.05, 0) is 33.1 Å². The first-order chi connectivity index (χ1) is 8.70. The number of rotatable bonds is 6. The van der Waals surface area contributed by atoms with Crippen molar-refractivity contribution in [2.24, 2.45) is 16.6 Å². The molecule has 7 heteroatoms. The van der Waals surface area contributed by atoms with Crippen LogP contribution in [0.3, 0.4) is 0 Å². The highest BCUT2D eigenvalue weighted by Gasteiger charge is 2.15. The molecule has 0 heterocycles. The molecule has 6 nitrogen and oxygen atoms in total. The molecular formula is C13H29IN4O2. The molecule has 0 atom stereocenters. The first-order valence-corrected chi connectivity index (χ1v) is 6.71. The number of aliphatic imine (C=N–C) groups is 1. The number of hydrogen-bond acceptors (Lipinski definition) is 3. The van der Waals surface area contributed by atoms with Gasteiger partial charge in [0.05, 0.1) is 0 Å². The number of ether oxygens (including phenoxy) is 1. The average molecular weight is 400 g/mol. The van der Waals surface area contributed by atoms with Crippen molar-refractivity contribution in [2.75, 3.05) is 19.6 Å². The fraction of sp³-hybridized carbons (Fsp3) is 0.846. The van der Waals surface area contributed by atoms with Crippen molar-refractivity contribution in [1.82, 2.24) is 10.6 Å². The number of halogens is 1. The summed E-state index contributed by atoms with van der Waals surface area (Å²) in [6.07, 6.45) is 0.586. The van der Waals surface area contributed by atoms with Gasteiger partial charge in [-0.3, -0.25) is 4.99 Å². The molecule has 1 amide bonds. The fourth-order valence-electron chi connectivity index (χ4n) is 1.17. The monoisotopic (exact) mass is 400 g/mol. The quantitative estimate of drug-likeness (QED) is 0.276. The van der Waals surface area contributed by atoms with E-state index in [0.29, 0.717) is 25.0 Å². The van der Waals surface area contributed by atoms with Gasteiger partial charge >= 0.3 is 6.09 Å². The van der Waals surface area contributed by atoms with Crippen LogP contribution in [0.25, 0.3) is 0 Å². The summed E-state index contributed by atoms with van der Waals surface area (Å²) in [5.74, 6) is 1.03. The average Bonchev–Trinajstić information content (AvgIpc) is 2.21. The number of nitrogens with two attached hydrogens (primary N) is 1. The minimum absolute atomic E-state index is 0. The third-order valence-electron chi connectivity index (χ3n) is 2.09. The van der Waals surface area contributed by atoms with Crippen molar-refractivity contribution in [3.63, 3.8) is 0 Å². The molecule has 0 unspecified atom stereocenters. The van der Waals surface area contributed by atoms with Crippen molar-refractivity contribution < 1.29 is 9.53 Å². The number of alkyl carbamates (subject to hydrolysis) is 1. The zero-order valence-corrected chi connectivity index (χ0v) is 15.5. The van der Waals surface area contributed by atoms with Gasteiger partial charge in [0.25, 0.3) is 0 Å². The standard InChI is InChI=1S/C13H28N4O2.HI/c1-10(2)6-7-15-11(14)16-8-9-17-12(18)19-13(3,4)5;/h10H,6-9H2,1-5H3,(H,17,18)(H3,14,15,16);1H. The van der Waals surface area contributed by atoms with Gasteiger partial charge in [-0.1, -0.05) is 13.8 Å². The van der Waals surface area contributed by atoms with Gasteiger partial charge in [-0.25, -0.2) is 4.79 Å². The Hall–Kier alpha value is -0.730. The number of nitrogens with zero attached hydrogens (tertiary/aromatic N) is 1. The van der Waals surface area contributed by atoms with Crippen molar-refractivity contribution in [3.05, 3.63) is 0 Å². The van der Waals surface area contributed by atoms with E-state index in [9.17, 15) is 4.79 Å². The van der Waals surface area contributed by atoms with Crippen LogP contribution in [0.15, 0.2) is 4.99 Å². The summed E-state index contributed by atoms with van der Waals surface area (Å²) < 4.78 is 5.10. The second kappa shape index (κ2) is 11.0. The topological polar surface area (TPSA) is 88.7 Å². The van der Waals surface area contributed by atoms with E-state index in [0.717, 1.165) is 13.0 Å². The number of guanidine groups is 1. The molecule has 4 N–H and O–H groups in total. The van der Waals surface area contributed by atoms with Crippen LogP contribution in [0, 0.1) is 5.92 Å². The van der Waals surface area contributed by atoms with Gasteiger partial charge in [0.1, 0.15) is 5.60 Å². The summed E-state index contributed by atoms with van der Waals surface area (Å²) in [5, 5.41) is 5.57. The molecule has 0 fully saturated rings. The minimum Gasteiger partial charge on any atom is -0.444 e. The molecule has 0 aliphatic rings. The molecule has 0 bridgehead atoms. The molecule has 0 saturated heterocycles. The highest BCUT2D eigenvalue weighted by molar-refractivity contribution is 14.0. The Morgan fingerprint density at radius 1 is 1.25 bits per heavy atom. The molecule has 0 saturated carbocycles. The van der Waals surface area contributed by atoms with Crippen molar-refractivity contribution in [2.45, 2.75) is 46.6 Å². The van der Waals surface area contributed by atoms with E-state index in [1.54, 1.807) is 0 Å². The first-order valence-electron chi connectivity index (χ1n) is 6.71. The number of nitrogens with one attached hydrogen (secondary N) is 2. The van der Waals surface area contributed by atoms with Crippen LogP contribution in [0.5, 0.6) is 0 Å². The Kier molecular flexibility index (Phi) is 11.8. The van der Waals surface area contributed by atoms with Crippen molar-refractivity contribution in [3.8, 4) is 0 Å². The molecule has 120 valence electrons. The van der Waals surface area contributed by atoms with Gasteiger partial charge < -0.3 is 21.1 Å². The van der Waals surface area contributed by atoms with Crippen LogP contribution < -0.4 is 16.4 Å². The summed E-state index contributed by atoms with van der Waals surface area (Å²) >= 11 is 0. The van der Waals surface area contributed by atoms with E-state index < -0.39 is 11.7 Å². The fourth-order valence-corrected chi connectivity index (χ4v) is 1.17. The van der Waals surface area contributed by atoms with Crippen LogP contribution in [0.1, 0.15) is 41.0 Å². The third kappa shape index (κ3) is 15.3. The van der Waals surface area contributed by atoms with Crippen LogP contribution in [-0.2, 0) is 4.74 Å². The van der Waals surface area contributed by atoms with E-state index in [-0.39, 0.29) is 24.0 Å². The minimum atomic E-state index is -0.477. The van der Waals surface area contributed by atoms with Crippen molar-refractivity contribution in [1.29, 1.82) is 0 Å². The lowest BCUT2D eigenvalue weighted by atomic mass is 10.1. The summed E-state index contributed by atoms with van der Waals surface area (Å²) in [5.41, 5.74) is 5.20. The SMILES string of the molecule is CC(C)CCN=C(N)NCCNC(=O)OC(C)(C)C.I. The Balaban J connectivity index is 0. The lowest BCUT2D eigenvalue weighted by Crippen LogP contribution is -2.40. The Bertz CT molecular complexity index is 301. The molecule has 0 aromatic heterocycles. The molecule has 0 aromatic carbocycles. The second-order valence-electron chi connectivity index (χ2n) is 5.80. The van der Waals surface area contributed by atoms with Gasteiger partial charge in [-0.2, -0.15) is 0 Å². The van der Waals surface area contributed by atoms with Gasteiger partial charge in [0.2, 0.25) is 0 Å². The highest BCUT2D eigenvalue weighted by Crippen LogP contribution is 2.05. The molecule has 20 heavy (non-hydrogen) atoms. The molecule has 0 radical (unpaired) electrons. The van der Waals surface area contributed by atoms with Crippen LogP contribution in [-0.4, -0.2) is 37.3 Å². The third-order valence-corrected chi connectivity index (χ3v) is 2.09. The number of hydrogen-bond donors (Lipinski definition) is 3. The van der Waals surface area contributed by atoms with Crippen LogP contribution in [0.2, 0.25) is 0 Å². The molecule has 0 aliphatic carbocycles. The van der Waals surface area contributed by atoms with Gasteiger partial charge in [0, 0.05) is 19.6 Å². The summed E-state index contributed by atoms with van der Waals surface area (Å²) in [6, 6.07) is 0. The van der Waals surface area contributed by atoms with Crippen molar-refractivity contribution >= 4 is 36.0 Å². The molecule has 0 aromatic rings.